The van der Waals surface area contributed by atoms with Crippen LogP contribution in [0.15, 0.2) is 35.4 Å². The number of anilines is 1. The first-order valence-corrected chi connectivity index (χ1v) is 7.85. The second-order valence-corrected chi connectivity index (χ2v) is 6.48. The van der Waals surface area contributed by atoms with E-state index in [2.05, 4.69) is 9.71 Å². The number of carboxylic acids is 1. The normalized spacial score (nSPS) is 11.2. The lowest BCUT2D eigenvalue weighted by Gasteiger charge is -2.10. The first-order valence-electron chi connectivity index (χ1n) is 5.61. The first kappa shape index (κ1) is 16.3. The largest absolute Gasteiger partial charge is 0.505 e. The minimum absolute atomic E-state index is 0.124. The van der Waals surface area contributed by atoms with Crippen LogP contribution in [-0.2, 0) is 10.0 Å². The van der Waals surface area contributed by atoms with E-state index in [1.54, 1.807) is 0 Å². The number of benzene rings is 1. The van der Waals surface area contributed by atoms with Gasteiger partial charge < -0.3 is 10.2 Å². The Morgan fingerprint density at radius 3 is 2.59 bits per heavy atom. The molecule has 0 aliphatic rings. The molecule has 0 saturated heterocycles. The number of rotatable bonds is 4. The molecule has 2 rings (SSSR count). The van der Waals surface area contributed by atoms with E-state index in [-0.39, 0.29) is 21.4 Å². The van der Waals surface area contributed by atoms with E-state index in [0.29, 0.717) is 0 Å². The second kappa shape index (κ2) is 5.99. The molecule has 0 spiro atoms. The number of aromatic carboxylic acids is 1. The molecule has 116 valence electrons. The summed E-state index contributed by atoms with van der Waals surface area (Å²) in [6.45, 7) is 0. The summed E-state index contributed by atoms with van der Waals surface area (Å²) < 4.78 is 26.5. The highest BCUT2D eigenvalue weighted by Crippen LogP contribution is 2.31. The molecular formula is C12H8Cl2N2O5S. The van der Waals surface area contributed by atoms with E-state index in [0.717, 1.165) is 18.3 Å². The molecule has 0 aliphatic carbocycles. The van der Waals surface area contributed by atoms with Crippen LogP contribution in [0, 0.1) is 0 Å². The molecule has 3 N–H and O–H groups in total. The maximum atomic E-state index is 12.2. The molecule has 1 aromatic heterocycles. The Hall–Kier alpha value is -2.03. The van der Waals surface area contributed by atoms with E-state index in [1.807, 2.05) is 0 Å². The van der Waals surface area contributed by atoms with E-state index in [1.165, 1.54) is 12.1 Å². The van der Waals surface area contributed by atoms with Gasteiger partial charge in [0, 0.05) is 0 Å². The van der Waals surface area contributed by atoms with Gasteiger partial charge in [-0.1, -0.05) is 29.3 Å². The molecule has 10 heteroatoms. The number of pyridine rings is 1. The van der Waals surface area contributed by atoms with Crippen molar-refractivity contribution in [1.29, 1.82) is 0 Å². The van der Waals surface area contributed by atoms with Gasteiger partial charge in [0.05, 0.1) is 22.5 Å². The van der Waals surface area contributed by atoms with Crippen molar-refractivity contribution >= 4 is 44.9 Å². The predicted octanol–water partition coefficient (Wildman–Crippen LogP) is 2.59. The van der Waals surface area contributed by atoms with Crippen molar-refractivity contribution < 1.29 is 23.4 Å². The summed E-state index contributed by atoms with van der Waals surface area (Å²) in [6.07, 6.45) is 1.05. The van der Waals surface area contributed by atoms with Gasteiger partial charge in [0.15, 0.2) is 5.75 Å². The highest BCUT2D eigenvalue weighted by atomic mass is 35.5. The monoisotopic (exact) mass is 362 g/mol. The van der Waals surface area contributed by atoms with Crippen LogP contribution in [0.5, 0.6) is 5.75 Å². The van der Waals surface area contributed by atoms with Crippen LogP contribution in [0.1, 0.15) is 10.4 Å². The van der Waals surface area contributed by atoms with Crippen molar-refractivity contribution in [3.8, 4) is 5.75 Å². The Bertz CT molecular complexity index is 855. The molecule has 0 fully saturated rings. The van der Waals surface area contributed by atoms with Crippen molar-refractivity contribution in [1.82, 2.24) is 4.98 Å². The highest BCUT2D eigenvalue weighted by molar-refractivity contribution is 7.92. The molecule has 1 aromatic carbocycles. The lowest BCUT2D eigenvalue weighted by molar-refractivity contribution is 0.0696. The number of hydrogen-bond acceptors (Lipinski definition) is 5. The fourth-order valence-corrected chi connectivity index (χ4v) is 3.15. The number of phenols is 1. The summed E-state index contributed by atoms with van der Waals surface area (Å²) in [7, 11) is -4.18. The van der Waals surface area contributed by atoms with Crippen LogP contribution >= 0.6 is 23.2 Å². The average molecular weight is 363 g/mol. The fraction of sp³-hybridized carbons (Fsp3) is 0. The van der Waals surface area contributed by atoms with Gasteiger partial charge in [0.25, 0.3) is 10.0 Å². The number of aromatic hydroxyl groups is 1. The number of phenolic OH excluding ortho intramolecular Hbond substituents is 1. The molecule has 0 amide bonds. The molecule has 0 bridgehead atoms. The lowest BCUT2D eigenvalue weighted by atomic mass is 10.3. The number of nitrogens with zero attached hydrogens (tertiary/aromatic N) is 1. The molecule has 1 heterocycles. The summed E-state index contributed by atoms with van der Waals surface area (Å²) in [6, 6.07) is 4.82. The number of carbonyl (C=O) groups is 1. The smallest absolute Gasteiger partial charge is 0.338 e. The molecular weight excluding hydrogens is 355 g/mol. The van der Waals surface area contributed by atoms with Gasteiger partial charge in [-0.25, -0.2) is 18.2 Å². The minimum Gasteiger partial charge on any atom is -0.505 e. The number of carboxylic acid groups (broad SMARTS) is 1. The molecule has 7 nitrogen and oxygen atoms in total. The zero-order chi connectivity index (χ0) is 16.5. The number of hydrogen-bond donors (Lipinski definition) is 3. The number of aromatic nitrogens is 1. The van der Waals surface area contributed by atoms with Gasteiger partial charge in [0.1, 0.15) is 10.0 Å². The molecule has 0 unspecified atom stereocenters. The van der Waals surface area contributed by atoms with Crippen LogP contribution in [0.3, 0.4) is 0 Å². The molecule has 2 aromatic rings. The Morgan fingerprint density at radius 1 is 1.27 bits per heavy atom. The van der Waals surface area contributed by atoms with Crippen molar-refractivity contribution in [3.63, 3.8) is 0 Å². The van der Waals surface area contributed by atoms with Gasteiger partial charge in [-0.15, -0.1) is 0 Å². The molecule has 0 aliphatic heterocycles. The van der Waals surface area contributed by atoms with Crippen LogP contribution in [0.2, 0.25) is 10.2 Å². The van der Waals surface area contributed by atoms with Crippen molar-refractivity contribution in [3.05, 3.63) is 46.2 Å². The van der Waals surface area contributed by atoms with Crippen LogP contribution in [-0.4, -0.2) is 29.6 Å². The Balaban J connectivity index is 2.43. The fourth-order valence-electron chi connectivity index (χ4n) is 1.58. The van der Waals surface area contributed by atoms with Gasteiger partial charge in [-0.05, 0) is 18.2 Å². The summed E-state index contributed by atoms with van der Waals surface area (Å²) in [4.78, 5) is 14.1. The number of nitrogens with one attached hydrogen (secondary N) is 1. The zero-order valence-corrected chi connectivity index (χ0v) is 12.9. The third-order valence-corrected chi connectivity index (χ3v) is 4.58. The summed E-state index contributed by atoms with van der Waals surface area (Å²) >= 11 is 11.3. The lowest BCUT2D eigenvalue weighted by Crippen LogP contribution is -2.14. The third kappa shape index (κ3) is 3.24. The minimum atomic E-state index is -4.18. The quantitative estimate of drug-likeness (QED) is 0.719. The summed E-state index contributed by atoms with van der Waals surface area (Å²) in [5, 5.41) is 18.2. The molecule has 0 saturated carbocycles. The SMILES string of the molecule is O=C(O)c1cc(NS(=O)(=O)c2cccc(Cl)c2O)cnc1Cl. The van der Waals surface area contributed by atoms with Gasteiger partial charge in [0.2, 0.25) is 0 Å². The van der Waals surface area contributed by atoms with E-state index < -0.39 is 26.6 Å². The van der Waals surface area contributed by atoms with Gasteiger partial charge >= 0.3 is 5.97 Å². The van der Waals surface area contributed by atoms with E-state index in [4.69, 9.17) is 28.3 Å². The van der Waals surface area contributed by atoms with E-state index in [9.17, 15) is 18.3 Å². The maximum Gasteiger partial charge on any atom is 0.338 e. The summed E-state index contributed by atoms with van der Waals surface area (Å²) in [5.41, 5.74) is -0.488. The third-order valence-electron chi connectivity index (χ3n) is 2.56. The Morgan fingerprint density at radius 2 is 1.95 bits per heavy atom. The topological polar surface area (TPSA) is 117 Å². The molecule has 0 atom stereocenters. The summed E-state index contributed by atoms with van der Waals surface area (Å²) in [5.74, 6) is -1.97. The van der Waals surface area contributed by atoms with Crippen LogP contribution < -0.4 is 4.72 Å². The number of halogens is 2. The van der Waals surface area contributed by atoms with E-state index >= 15 is 0 Å². The standard InChI is InChI=1S/C12H8Cl2N2O5S/c13-8-2-1-3-9(10(8)17)22(20,21)16-6-4-7(12(18)19)11(14)15-5-6/h1-5,16-17H,(H,18,19). The van der Waals surface area contributed by atoms with Crippen LogP contribution in [0.4, 0.5) is 5.69 Å². The van der Waals surface area contributed by atoms with Crippen LogP contribution in [0.25, 0.3) is 0 Å². The van der Waals surface area contributed by atoms with Crippen molar-refractivity contribution in [2.45, 2.75) is 4.90 Å². The van der Waals surface area contributed by atoms with Crippen molar-refractivity contribution in [2.75, 3.05) is 4.72 Å². The Labute approximate surface area is 135 Å². The first-order chi connectivity index (χ1) is 10.2. The van der Waals surface area contributed by atoms with Gasteiger partial charge in [-0.2, -0.15) is 0 Å². The highest BCUT2D eigenvalue weighted by Gasteiger charge is 2.21. The van der Waals surface area contributed by atoms with Gasteiger partial charge in [-0.3, -0.25) is 4.72 Å². The van der Waals surface area contributed by atoms with Crippen molar-refractivity contribution in [2.24, 2.45) is 0 Å². The predicted molar refractivity (Wildman–Crippen MR) is 80.1 cm³/mol. The molecule has 0 radical (unpaired) electrons. The Kier molecular flexibility index (Phi) is 4.45. The molecule has 22 heavy (non-hydrogen) atoms. The average Bonchev–Trinajstić information content (AvgIpc) is 2.43. The number of para-hydroxylation sites is 1. The zero-order valence-electron chi connectivity index (χ0n) is 10.6. The maximum absolute atomic E-state index is 12.2. The second-order valence-electron chi connectivity index (χ2n) is 4.06. The number of sulfonamides is 1.